The molecule has 0 fully saturated rings. The summed E-state index contributed by atoms with van der Waals surface area (Å²) in [6.45, 7) is 1.90. The zero-order valence-electron chi connectivity index (χ0n) is 16.9. The Labute approximate surface area is 173 Å². The zero-order valence-corrected chi connectivity index (χ0v) is 16.9. The molecule has 0 atom stereocenters. The number of esters is 1. The van der Waals surface area contributed by atoms with Crippen LogP contribution in [0, 0.1) is 0 Å². The second-order valence-electron chi connectivity index (χ2n) is 6.55. The molecule has 1 aromatic heterocycles. The summed E-state index contributed by atoms with van der Waals surface area (Å²) >= 11 is 0. The number of ether oxygens (including phenoxy) is 2. The highest BCUT2D eigenvalue weighted by Crippen LogP contribution is 2.23. The number of fused-ring (bicyclic) bond motifs is 1. The first-order valence-electron chi connectivity index (χ1n) is 9.61. The summed E-state index contributed by atoms with van der Waals surface area (Å²) in [5.41, 5.74) is 0.920. The minimum absolute atomic E-state index is 0.00142. The summed E-state index contributed by atoms with van der Waals surface area (Å²) in [5, 5.41) is 3.19. The topological polar surface area (TPSA) is 99.5 Å². The van der Waals surface area contributed by atoms with Gasteiger partial charge in [0.25, 0.3) is 11.5 Å². The Balaban J connectivity index is 1.54. The number of rotatable bonds is 8. The number of nitrogens with zero attached hydrogens (tertiary/aromatic N) is 2. The van der Waals surface area contributed by atoms with Crippen molar-refractivity contribution in [1.82, 2.24) is 9.55 Å². The summed E-state index contributed by atoms with van der Waals surface area (Å²) in [5.74, 6) is 0.00565. The Bertz CT molecular complexity index is 1120. The third-order valence-corrected chi connectivity index (χ3v) is 4.45. The number of hydrogen-bond donors (Lipinski definition) is 1. The van der Waals surface area contributed by atoms with Gasteiger partial charge in [0.2, 0.25) is 0 Å². The molecule has 3 rings (SSSR count). The minimum atomic E-state index is -0.550. The fourth-order valence-corrected chi connectivity index (χ4v) is 2.96. The lowest BCUT2D eigenvalue weighted by Gasteiger charge is -2.11. The first-order valence-corrected chi connectivity index (χ1v) is 9.61. The molecule has 8 nitrogen and oxygen atoms in total. The van der Waals surface area contributed by atoms with Gasteiger partial charge in [-0.3, -0.25) is 19.0 Å². The average molecular weight is 409 g/mol. The highest BCUT2D eigenvalue weighted by molar-refractivity contribution is 5.94. The standard InChI is InChI=1S/C22H23N3O5/c1-3-29-18-11-7-6-10-17(18)24-20(26)14-30-21(27)13-12-19-23-16-9-5-4-8-15(16)22(28)25(19)2/h4-11H,3,12-14H2,1-2H3,(H,24,26). The van der Waals surface area contributed by atoms with Crippen molar-refractivity contribution in [2.24, 2.45) is 7.05 Å². The number of benzene rings is 2. The van der Waals surface area contributed by atoms with Crippen LogP contribution in [0.15, 0.2) is 53.3 Å². The van der Waals surface area contributed by atoms with E-state index in [1.165, 1.54) is 4.57 Å². The van der Waals surface area contributed by atoms with Crippen molar-refractivity contribution >= 4 is 28.5 Å². The van der Waals surface area contributed by atoms with Crippen molar-refractivity contribution in [2.45, 2.75) is 19.8 Å². The number of carbonyl (C=O) groups is 2. The van der Waals surface area contributed by atoms with E-state index in [9.17, 15) is 14.4 Å². The van der Waals surface area contributed by atoms with Crippen LogP contribution in [0.1, 0.15) is 19.2 Å². The first kappa shape index (κ1) is 21.0. The molecule has 0 aliphatic rings. The number of amides is 1. The Morgan fingerprint density at radius 1 is 1.10 bits per heavy atom. The molecule has 0 spiro atoms. The molecule has 1 heterocycles. The van der Waals surface area contributed by atoms with Crippen molar-refractivity contribution in [3.63, 3.8) is 0 Å². The maximum atomic E-state index is 12.4. The van der Waals surface area contributed by atoms with Gasteiger partial charge in [-0.1, -0.05) is 24.3 Å². The van der Waals surface area contributed by atoms with Crippen LogP contribution in [0.2, 0.25) is 0 Å². The Morgan fingerprint density at radius 2 is 1.83 bits per heavy atom. The second kappa shape index (κ2) is 9.69. The van der Waals surface area contributed by atoms with Crippen molar-refractivity contribution in [3.8, 4) is 5.75 Å². The molecule has 1 amide bonds. The van der Waals surface area contributed by atoms with E-state index < -0.39 is 18.5 Å². The Kier molecular flexibility index (Phi) is 6.79. The van der Waals surface area contributed by atoms with Crippen molar-refractivity contribution in [2.75, 3.05) is 18.5 Å². The predicted molar refractivity (Wildman–Crippen MR) is 113 cm³/mol. The van der Waals surface area contributed by atoms with Gasteiger partial charge in [0.05, 0.1) is 29.6 Å². The van der Waals surface area contributed by atoms with E-state index in [1.54, 1.807) is 55.6 Å². The van der Waals surface area contributed by atoms with Crippen LogP contribution >= 0.6 is 0 Å². The Morgan fingerprint density at radius 3 is 2.63 bits per heavy atom. The van der Waals surface area contributed by atoms with Gasteiger partial charge in [0.15, 0.2) is 6.61 Å². The second-order valence-corrected chi connectivity index (χ2v) is 6.55. The number of para-hydroxylation sites is 3. The Hall–Kier alpha value is -3.68. The van der Waals surface area contributed by atoms with Crippen molar-refractivity contribution < 1.29 is 19.1 Å². The lowest BCUT2D eigenvalue weighted by molar-refractivity contribution is -0.147. The minimum Gasteiger partial charge on any atom is -0.492 e. The highest BCUT2D eigenvalue weighted by Gasteiger charge is 2.13. The molecule has 156 valence electrons. The molecule has 3 aromatic rings. The molecule has 0 saturated heterocycles. The molecule has 1 N–H and O–H groups in total. The van der Waals surface area contributed by atoms with Crippen LogP contribution in [0.25, 0.3) is 10.9 Å². The highest BCUT2D eigenvalue weighted by atomic mass is 16.5. The van der Waals surface area contributed by atoms with Crippen LogP contribution in [-0.4, -0.2) is 34.6 Å². The fraction of sp³-hybridized carbons (Fsp3) is 0.273. The van der Waals surface area contributed by atoms with Gasteiger partial charge in [-0.25, -0.2) is 4.98 Å². The van der Waals surface area contributed by atoms with Crippen LogP contribution < -0.4 is 15.6 Å². The smallest absolute Gasteiger partial charge is 0.306 e. The number of nitrogens with one attached hydrogen (secondary N) is 1. The summed E-state index contributed by atoms with van der Waals surface area (Å²) in [6.07, 6.45) is 0.228. The van der Waals surface area contributed by atoms with Gasteiger partial charge in [0, 0.05) is 13.5 Å². The van der Waals surface area contributed by atoms with Crippen LogP contribution in [0.3, 0.4) is 0 Å². The van der Waals surface area contributed by atoms with E-state index in [1.807, 2.05) is 6.92 Å². The molecule has 0 bridgehead atoms. The largest absolute Gasteiger partial charge is 0.492 e. The SMILES string of the molecule is CCOc1ccccc1NC(=O)COC(=O)CCc1nc2ccccc2c(=O)n1C. The number of aryl methyl sites for hydroxylation is 1. The summed E-state index contributed by atoms with van der Waals surface area (Å²) in [7, 11) is 1.62. The monoisotopic (exact) mass is 409 g/mol. The van der Waals surface area contributed by atoms with E-state index in [4.69, 9.17) is 9.47 Å². The van der Waals surface area contributed by atoms with Gasteiger partial charge < -0.3 is 14.8 Å². The van der Waals surface area contributed by atoms with Crippen LogP contribution in [0.5, 0.6) is 5.75 Å². The maximum Gasteiger partial charge on any atom is 0.306 e. The number of anilines is 1. The first-order chi connectivity index (χ1) is 14.5. The van der Waals surface area contributed by atoms with Crippen LogP contribution in [0.4, 0.5) is 5.69 Å². The van der Waals surface area contributed by atoms with Gasteiger partial charge >= 0.3 is 5.97 Å². The third-order valence-electron chi connectivity index (χ3n) is 4.45. The average Bonchev–Trinajstić information content (AvgIpc) is 2.75. The quantitative estimate of drug-likeness (QED) is 0.574. The van der Waals surface area contributed by atoms with Gasteiger partial charge in [0.1, 0.15) is 11.6 Å². The molecule has 8 heteroatoms. The zero-order chi connectivity index (χ0) is 21.5. The van der Waals surface area contributed by atoms with Gasteiger partial charge in [-0.15, -0.1) is 0 Å². The number of carbonyl (C=O) groups excluding carboxylic acids is 2. The fourth-order valence-electron chi connectivity index (χ4n) is 2.96. The van der Waals surface area contributed by atoms with E-state index in [0.717, 1.165) is 0 Å². The van der Waals surface area contributed by atoms with E-state index in [-0.39, 0.29) is 18.4 Å². The molecule has 2 aromatic carbocycles. The molecule has 0 unspecified atom stereocenters. The molecular weight excluding hydrogens is 386 g/mol. The molecule has 0 radical (unpaired) electrons. The molecule has 0 aliphatic carbocycles. The van der Waals surface area contributed by atoms with Crippen LogP contribution in [-0.2, 0) is 27.8 Å². The number of aromatic nitrogens is 2. The number of hydrogen-bond acceptors (Lipinski definition) is 6. The molecule has 0 saturated carbocycles. The van der Waals surface area contributed by atoms with E-state index in [0.29, 0.717) is 34.8 Å². The summed E-state index contributed by atoms with van der Waals surface area (Å²) in [6, 6.07) is 14.1. The lowest BCUT2D eigenvalue weighted by Crippen LogP contribution is -2.24. The predicted octanol–water partition coefficient (Wildman–Crippen LogP) is 2.45. The van der Waals surface area contributed by atoms with Crippen molar-refractivity contribution in [1.29, 1.82) is 0 Å². The van der Waals surface area contributed by atoms with Gasteiger partial charge in [-0.05, 0) is 31.2 Å². The van der Waals surface area contributed by atoms with E-state index in [2.05, 4.69) is 10.3 Å². The molecular formula is C22H23N3O5. The molecule has 0 aliphatic heterocycles. The lowest BCUT2D eigenvalue weighted by atomic mass is 10.2. The third kappa shape index (κ3) is 5.02. The van der Waals surface area contributed by atoms with Crippen molar-refractivity contribution in [3.05, 3.63) is 64.7 Å². The van der Waals surface area contributed by atoms with E-state index >= 15 is 0 Å². The molecule has 30 heavy (non-hydrogen) atoms. The normalized spacial score (nSPS) is 10.6. The van der Waals surface area contributed by atoms with Gasteiger partial charge in [-0.2, -0.15) is 0 Å². The summed E-state index contributed by atoms with van der Waals surface area (Å²) in [4.78, 5) is 41.0. The maximum absolute atomic E-state index is 12.4. The summed E-state index contributed by atoms with van der Waals surface area (Å²) < 4.78 is 11.9.